The molecule has 0 unspecified atom stereocenters. The molecule has 7 aromatic carbocycles. The molecule has 8 rings (SSSR count). The number of fused-ring (bicyclic) bond motifs is 5. The van der Waals surface area contributed by atoms with Crippen molar-refractivity contribution in [2.45, 2.75) is 19.8 Å². The zero-order chi connectivity index (χ0) is 25.9. The van der Waals surface area contributed by atoms with Gasteiger partial charge < -0.3 is 0 Å². The quantitative estimate of drug-likeness (QED) is 0.213. The van der Waals surface area contributed by atoms with Gasteiger partial charge in [-0.3, -0.25) is 0 Å². The average Bonchev–Trinajstić information content (AvgIpc) is 3.43. The van der Waals surface area contributed by atoms with Crippen molar-refractivity contribution in [3.05, 3.63) is 138 Å². The van der Waals surface area contributed by atoms with Gasteiger partial charge in [0, 0.05) is 0 Å². The van der Waals surface area contributed by atoms with Crippen LogP contribution in [0.25, 0.3) is 71.4 Å². The lowest BCUT2D eigenvalue weighted by molar-refractivity contribution is 1.04. The second-order valence-electron chi connectivity index (χ2n) is 10.8. The van der Waals surface area contributed by atoms with Crippen LogP contribution < -0.4 is 0 Å². The number of benzene rings is 7. The first-order valence-corrected chi connectivity index (χ1v) is 14.0. The van der Waals surface area contributed by atoms with Crippen LogP contribution in [0.5, 0.6) is 0 Å². The Morgan fingerprint density at radius 3 is 1.36 bits per heavy atom. The predicted molar refractivity (Wildman–Crippen MR) is 169 cm³/mol. The van der Waals surface area contributed by atoms with E-state index in [2.05, 4.69) is 134 Å². The molecule has 0 saturated carbocycles. The molecule has 0 N–H and O–H groups in total. The second-order valence-corrected chi connectivity index (χ2v) is 10.8. The van der Waals surface area contributed by atoms with Crippen LogP contribution in [0.1, 0.15) is 24.5 Å². The highest BCUT2D eigenvalue weighted by Gasteiger charge is 2.24. The number of allylic oxidation sites excluding steroid dienone is 1. The lowest BCUT2D eigenvalue weighted by Gasteiger charge is -2.19. The zero-order valence-electron chi connectivity index (χ0n) is 22.0. The molecule has 0 saturated heterocycles. The molecule has 0 nitrogen and oxygen atoms in total. The van der Waals surface area contributed by atoms with E-state index in [1.54, 1.807) is 0 Å². The second kappa shape index (κ2) is 8.68. The third kappa shape index (κ3) is 3.38. The molecule has 1 aliphatic carbocycles. The molecule has 39 heavy (non-hydrogen) atoms. The zero-order valence-corrected chi connectivity index (χ0v) is 22.0. The Balaban J connectivity index is 1.50. The normalized spacial score (nSPS) is 12.9. The van der Waals surface area contributed by atoms with E-state index in [-0.39, 0.29) is 0 Å². The number of hydrogen-bond donors (Lipinski definition) is 0. The average molecular weight is 497 g/mol. The Morgan fingerprint density at radius 1 is 0.487 bits per heavy atom. The molecule has 0 heterocycles. The fourth-order valence-corrected chi connectivity index (χ4v) is 6.79. The topological polar surface area (TPSA) is 0 Å². The molecule has 0 aromatic heterocycles. The van der Waals surface area contributed by atoms with Gasteiger partial charge in [-0.25, -0.2) is 0 Å². The molecule has 184 valence electrons. The number of hydrogen-bond acceptors (Lipinski definition) is 0. The van der Waals surface area contributed by atoms with Gasteiger partial charge in [-0.2, -0.15) is 0 Å². The van der Waals surface area contributed by atoms with E-state index >= 15 is 0 Å². The summed E-state index contributed by atoms with van der Waals surface area (Å²) in [4.78, 5) is 0. The van der Waals surface area contributed by atoms with Gasteiger partial charge in [0.05, 0.1) is 0 Å². The summed E-state index contributed by atoms with van der Waals surface area (Å²) in [5.41, 5.74) is 9.78. The Labute approximate surface area is 228 Å². The van der Waals surface area contributed by atoms with Crippen LogP contribution in [0.4, 0.5) is 0 Å². The van der Waals surface area contributed by atoms with Crippen molar-refractivity contribution < 1.29 is 0 Å². The molecule has 0 heteroatoms. The van der Waals surface area contributed by atoms with E-state index in [0.717, 1.165) is 12.8 Å². The molecule has 0 amide bonds. The predicted octanol–water partition coefficient (Wildman–Crippen LogP) is 11.0. The summed E-state index contributed by atoms with van der Waals surface area (Å²) in [5.74, 6) is 0. The van der Waals surface area contributed by atoms with Crippen LogP contribution in [-0.4, -0.2) is 0 Å². The Kier molecular flexibility index (Phi) is 4.97. The lowest BCUT2D eigenvalue weighted by Crippen LogP contribution is -1.96. The largest absolute Gasteiger partial charge is 0.0654 e. The van der Waals surface area contributed by atoms with Crippen molar-refractivity contribution in [2.75, 3.05) is 0 Å². The molecule has 0 fully saturated rings. The summed E-state index contributed by atoms with van der Waals surface area (Å²) < 4.78 is 0. The highest BCUT2D eigenvalue weighted by Crippen LogP contribution is 2.47. The van der Waals surface area contributed by atoms with E-state index in [9.17, 15) is 0 Å². The molecule has 0 aliphatic heterocycles. The van der Waals surface area contributed by atoms with Gasteiger partial charge in [0.15, 0.2) is 0 Å². The maximum Gasteiger partial charge on any atom is -0.00207 e. The molecular formula is C39H28. The minimum Gasteiger partial charge on any atom is -0.0654 e. The summed E-state index contributed by atoms with van der Waals surface area (Å²) in [6, 6.07) is 44.9. The maximum absolute atomic E-state index is 2.48. The van der Waals surface area contributed by atoms with Gasteiger partial charge in [0.2, 0.25) is 0 Å². The molecule has 0 bridgehead atoms. The third-order valence-electron chi connectivity index (χ3n) is 8.64. The van der Waals surface area contributed by atoms with Crippen LogP contribution in [-0.2, 0) is 6.42 Å². The van der Waals surface area contributed by atoms with Crippen molar-refractivity contribution in [3.8, 4) is 22.3 Å². The van der Waals surface area contributed by atoms with Gasteiger partial charge >= 0.3 is 0 Å². The molecule has 0 atom stereocenters. The van der Waals surface area contributed by atoms with Crippen LogP contribution in [0, 0.1) is 0 Å². The highest BCUT2D eigenvalue weighted by atomic mass is 14.3. The van der Waals surface area contributed by atoms with Crippen LogP contribution >= 0.6 is 0 Å². The minimum absolute atomic E-state index is 1.01. The summed E-state index contributed by atoms with van der Waals surface area (Å²) >= 11 is 0. The Hall–Kier alpha value is -4.68. The van der Waals surface area contributed by atoms with Crippen molar-refractivity contribution >= 4 is 49.2 Å². The lowest BCUT2D eigenvalue weighted by atomic mass is 9.84. The molecule has 1 aliphatic rings. The molecular weight excluding hydrogens is 468 g/mol. The fourth-order valence-electron chi connectivity index (χ4n) is 6.79. The Bertz CT molecular complexity index is 2020. The van der Waals surface area contributed by atoms with E-state index in [4.69, 9.17) is 0 Å². The van der Waals surface area contributed by atoms with E-state index < -0.39 is 0 Å². The highest BCUT2D eigenvalue weighted by molar-refractivity contribution is 6.16. The van der Waals surface area contributed by atoms with Gasteiger partial charge in [-0.05, 0) is 101 Å². The van der Waals surface area contributed by atoms with Crippen LogP contribution in [0.3, 0.4) is 0 Å². The molecule has 7 aromatic rings. The monoisotopic (exact) mass is 496 g/mol. The summed E-state index contributed by atoms with van der Waals surface area (Å²) in [5, 5.41) is 10.5. The van der Waals surface area contributed by atoms with Crippen molar-refractivity contribution in [2.24, 2.45) is 0 Å². The van der Waals surface area contributed by atoms with Gasteiger partial charge in [-0.1, -0.05) is 128 Å². The van der Waals surface area contributed by atoms with Crippen molar-refractivity contribution in [3.63, 3.8) is 0 Å². The summed E-state index contributed by atoms with van der Waals surface area (Å²) in [6.07, 6.45) is 4.56. The smallest absolute Gasteiger partial charge is 0.00207 e. The fraction of sp³-hybridized carbons (Fsp3) is 0.0769. The summed E-state index contributed by atoms with van der Waals surface area (Å²) in [7, 11) is 0. The van der Waals surface area contributed by atoms with E-state index in [0.29, 0.717) is 0 Å². The minimum atomic E-state index is 1.01. The van der Waals surface area contributed by atoms with Gasteiger partial charge in [0.1, 0.15) is 0 Å². The first-order chi connectivity index (χ1) is 19.3. The maximum atomic E-state index is 2.48. The summed E-state index contributed by atoms with van der Waals surface area (Å²) in [6.45, 7) is 2.29. The molecule has 0 radical (unpaired) electrons. The van der Waals surface area contributed by atoms with E-state index in [1.165, 1.54) is 82.0 Å². The van der Waals surface area contributed by atoms with E-state index in [1.807, 2.05) is 0 Å². The first kappa shape index (κ1) is 22.3. The van der Waals surface area contributed by atoms with Gasteiger partial charge in [0.25, 0.3) is 0 Å². The third-order valence-corrected chi connectivity index (χ3v) is 8.64. The van der Waals surface area contributed by atoms with Crippen molar-refractivity contribution in [1.29, 1.82) is 0 Å². The molecule has 0 spiro atoms. The first-order valence-electron chi connectivity index (χ1n) is 14.0. The number of rotatable bonds is 3. The van der Waals surface area contributed by atoms with Crippen LogP contribution in [0.15, 0.2) is 127 Å². The standard InChI is InChI=1S/C39H28/c1-2-25-21-36-34(38-30-15-7-3-11-26(30)23-27-12-4-8-16-31(27)38)19-20-35(37(36)22-25)39-32-17-9-5-13-28(32)24-29-14-6-10-18-33(29)39/h3-21,23-24H,2,22H2,1H3. The van der Waals surface area contributed by atoms with Crippen LogP contribution in [0.2, 0.25) is 0 Å². The Morgan fingerprint density at radius 2 is 0.897 bits per heavy atom. The van der Waals surface area contributed by atoms with Gasteiger partial charge in [-0.15, -0.1) is 0 Å². The van der Waals surface area contributed by atoms with Crippen molar-refractivity contribution in [1.82, 2.24) is 0 Å². The SMILES string of the molecule is CCC1=Cc2c(-c3c4ccccc4cc4ccccc34)ccc(-c3c4ccccc4cc4ccccc34)c2C1.